The maximum Gasteiger partial charge on any atom is 0.0208 e. The lowest BCUT2D eigenvalue weighted by atomic mass is 9.90. The van der Waals surface area contributed by atoms with Gasteiger partial charge in [0.1, 0.15) is 0 Å². The lowest BCUT2D eigenvalue weighted by Gasteiger charge is -2.23. The Morgan fingerprint density at radius 3 is 3.07 bits per heavy atom. The van der Waals surface area contributed by atoms with Gasteiger partial charge >= 0.3 is 0 Å². The fraction of sp³-hybridized carbons (Fsp3) is 0.538. The van der Waals surface area contributed by atoms with Crippen LogP contribution in [0.1, 0.15) is 42.9 Å². The van der Waals surface area contributed by atoms with Crippen molar-refractivity contribution in [1.82, 2.24) is 5.32 Å². The van der Waals surface area contributed by atoms with Gasteiger partial charge in [-0.1, -0.05) is 38.5 Å². The largest absolute Gasteiger partial charge is 0.312 e. The monoisotopic (exact) mass is 189 g/mol. The zero-order valence-electron chi connectivity index (χ0n) is 9.14. The van der Waals surface area contributed by atoms with Gasteiger partial charge in [0.2, 0.25) is 0 Å². The number of hydrogen-bond acceptors (Lipinski definition) is 1. The summed E-state index contributed by atoms with van der Waals surface area (Å²) in [5, 5.41) is 3.46. The Hall–Kier alpha value is -0.820. The van der Waals surface area contributed by atoms with Crippen LogP contribution in [0, 0.1) is 0 Å². The number of hydrogen-bond donors (Lipinski definition) is 1. The van der Waals surface area contributed by atoms with Crippen LogP contribution in [0.25, 0.3) is 0 Å². The van der Waals surface area contributed by atoms with Crippen molar-refractivity contribution in [3.05, 3.63) is 34.9 Å². The molecule has 0 aromatic heterocycles. The Balaban J connectivity index is 2.29. The molecular formula is C13H19N. The Labute approximate surface area is 86.5 Å². The van der Waals surface area contributed by atoms with E-state index in [2.05, 4.69) is 37.4 Å². The smallest absolute Gasteiger partial charge is 0.0208 e. The normalized spacial score (nSPS) is 20.6. The number of aryl methyl sites for hydroxylation is 1. The predicted molar refractivity (Wildman–Crippen MR) is 60.6 cm³/mol. The van der Waals surface area contributed by atoms with E-state index in [1.165, 1.54) is 24.0 Å². The summed E-state index contributed by atoms with van der Waals surface area (Å²) in [5.74, 6) is 0.675. The minimum absolute atomic E-state index is 0.675. The van der Waals surface area contributed by atoms with Crippen molar-refractivity contribution in [2.75, 3.05) is 6.54 Å². The van der Waals surface area contributed by atoms with Crippen LogP contribution in [0.4, 0.5) is 0 Å². The standard InChI is InChI=1S/C13H19N/c1-3-4-11-5-6-13-10(2)8-14-9-12(13)7-11/h5-7,10,14H,3-4,8-9H2,1-2H3. The average molecular weight is 189 g/mol. The first-order chi connectivity index (χ1) is 6.81. The van der Waals surface area contributed by atoms with Crippen LogP contribution in [0.15, 0.2) is 18.2 Å². The van der Waals surface area contributed by atoms with Gasteiger partial charge in [-0.2, -0.15) is 0 Å². The zero-order valence-corrected chi connectivity index (χ0v) is 9.14. The molecule has 1 heteroatoms. The molecule has 76 valence electrons. The van der Waals surface area contributed by atoms with E-state index in [-0.39, 0.29) is 0 Å². The van der Waals surface area contributed by atoms with E-state index in [1.807, 2.05) is 0 Å². The van der Waals surface area contributed by atoms with Crippen molar-refractivity contribution in [2.45, 2.75) is 39.2 Å². The summed E-state index contributed by atoms with van der Waals surface area (Å²) in [7, 11) is 0. The second-order valence-electron chi connectivity index (χ2n) is 4.32. The molecule has 1 aromatic carbocycles. The second-order valence-corrected chi connectivity index (χ2v) is 4.32. The molecule has 0 aliphatic carbocycles. The van der Waals surface area contributed by atoms with Crippen molar-refractivity contribution in [3.63, 3.8) is 0 Å². The summed E-state index contributed by atoms with van der Waals surface area (Å²) in [6, 6.07) is 7.00. The van der Waals surface area contributed by atoms with E-state index in [4.69, 9.17) is 0 Å². The van der Waals surface area contributed by atoms with Crippen molar-refractivity contribution < 1.29 is 0 Å². The Morgan fingerprint density at radius 1 is 1.43 bits per heavy atom. The van der Waals surface area contributed by atoms with Gasteiger partial charge in [-0.15, -0.1) is 0 Å². The molecule has 0 bridgehead atoms. The Kier molecular flexibility index (Phi) is 2.87. The average Bonchev–Trinajstić information content (AvgIpc) is 2.18. The zero-order chi connectivity index (χ0) is 9.97. The molecule has 0 spiro atoms. The molecule has 1 aliphatic heterocycles. The number of nitrogens with one attached hydrogen (secondary N) is 1. The van der Waals surface area contributed by atoms with Crippen molar-refractivity contribution in [2.24, 2.45) is 0 Å². The summed E-state index contributed by atoms with van der Waals surface area (Å²) in [6.07, 6.45) is 2.45. The minimum Gasteiger partial charge on any atom is -0.312 e. The summed E-state index contributed by atoms with van der Waals surface area (Å²) < 4.78 is 0. The van der Waals surface area contributed by atoms with Gasteiger partial charge in [0.15, 0.2) is 0 Å². The van der Waals surface area contributed by atoms with Crippen LogP contribution in [0.5, 0.6) is 0 Å². The van der Waals surface area contributed by atoms with E-state index in [0.29, 0.717) is 5.92 Å². The molecule has 0 saturated heterocycles. The van der Waals surface area contributed by atoms with Crippen LogP contribution >= 0.6 is 0 Å². The van der Waals surface area contributed by atoms with Gasteiger partial charge in [-0.25, -0.2) is 0 Å². The highest BCUT2D eigenvalue weighted by atomic mass is 14.9. The molecule has 1 N–H and O–H groups in total. The molecule has 1 unspecified atom stereocenters. The van der Waals surface area contributed by atoms with E-state index in [9.17, 15) is 0 Å². The van der Waals surface area contributed by atoms with Crippen molar-refractivity contribution >= 4 is 0 Å². The first kappa shape index (κ1) is 9.72. The van der Waals surface area contributed by atoms with Crippen LogP contribution in [0.3, 0.4) is 0 Å². The van der Waals surface area contributed by atoms with Crippen molar-refractivity contribution in [1.29, 1.82) is 0 Å². The third-order valence-corrected chi connectivity index (χ3v) is 3.04. The van der Waals surface area contributed by atoms with E-state index >= 15 is 0 Å². The van der Waals surface area contributed by atoms with Crippen LogP contribution in [-0.4, -0.2) is 6.54 Å². The SMILES string of the molecule is CCCc1ccc2c(c1)CNCC2C. The molecule has 1 atom stereocenters. The second kappa shape index (κ2) is 4.14. The third kappa shape index (κ3) is 1.83. The molecule has 2 rings (SSSR count). The van der Waals surface area contributed by atoms with Gasteiger partial charge in [0, 0.05) is 13.1 Å². The fourth-order valence-corrected chi connectivity index (χ4v) is 2.27. The lowest BCUT2D eigenvalue weighted by Crippen LogP contribution is -2.26. The molecule has 1 heterocycles. The van der Waals surface area contributed by atoms with Crippen molar-refractivity contribution in [3.8, 4) is 0 Å². The molecule has 0 radical (unpaired) electrons. The first-order valence-corrected chi connectivity index (χ1v) is 5.63. The van der Waals surface area contributed by atoms with Gasteiger partial charge in [-0.05, 0) is 29.0 Å². The molecule has 0 amide bonds. The highest BCUT2D eigenvalue weighted by molar-refractivity contribution is 5.36. The van der Waals surface area contributed by atoms with Gasteiger partial charge in [0.25, 0.3) is 0 Å². The van der Waals surface area contributed by atoms with Gasteiger partial charge in [-0.3, -0.25) is 0 Å². The van der Waals surface area contributed by atoms with Crippen LogP contribution < -0.4 is 5.32 Å². The molecule has 0 saturated carbocycles. The Bertz CT molecular complexity index is 317. The number of rotatable bonds is 2. The summed E-state index contributed by atoms with van der Waals surface area (Å²) in [5.41, 5.74) is 4.54. The summed E-state index contributed by atoms with van der Waals surface area (Å²) in [6.45, 7) is 6.71. The minimum atomic E-state index is 0.675. The molecule has 14 heavy (non-hydrogen) atoms. The molecule has 0 fully saturated rings. The summed E-state index contributed by atoms with van der Waals surface area (Å²) in [4.78, 5) is 0. The lowest BCUT2D eigenvalue weighted by molar-refractivity contribution is 0.570. The summed E-state index contributed by atoms with van der Waals surface area (Å²) >= 11 is 0. The van der Waals surface area contributed by atoms with Gasteiger partial charge in [0.05, 0.1) is 0 Å². The number of fused-ring (bicyclic) bond motifs is 1. The topological polar surface area (TPSA) is 12.0 Å². The van der Waals surface area contributed by atoms with Crippen LogP contribution in [0.2, 0.25) is 0 Å². The third-order valence-electron chi connectivity index (χ3n) is 3.04. The maximum absolute atomic E-state index is 3.46. The maximum atomic E-state index is 3.46. The van der Waals surface area contributed by atoms with E-state index in [1.54, 1.807) is 5.56 Å². The first-order valence-electron chi connectivity index (χ1n) is 5.63. The van der Waals surface area contributed by atoms with Crippen LogP contribution in [-0.2, 0) is 13.0 Å². The highest BCUT2D eigenvalue weighted by Gasteiger charge is 2.15. The Morgan fingerprint density at radius 2 is 2.29 bits per heavy atom. The molecule has 1 nitrogen and oxygen atoms in total. The van der Waals surface area contributed by atoms with E-state index in [0.717, 1.165) is 13.1 Å². The predicted octanol–water partition coefficient (Wildman–Crippen LogP) is 2.85. The molecular weight excluding hydrogens is 170 g/mol. The molecule has 1 aromatic rings. The highest BCUT2D eigenvalue weighted by Crippen LogP contribution is 2.24. The van der Waals surface area contributed by atoms with Gasteiger partial charge < -0.3 is 5.32 Å². The quantitative estimate of drug-likeness (QED) is 0.754. The number of benzene rings is 1. The van der Waals surface area contributed by atoms with E-state index < -0.39 is 0 Å². The molecule has 1 aliphatic rings. The fourth-order valence-electron chi connectivity index (χ4n) is 2.27.